The van der Waals surface area contributed by atoms with Crippen LogP contribution < -0.4 is 0 Å². The van der Waals surface area contributed by atoms with E-state index in [4.69, 9.17) is 11.6 Å². The molecule has 1 aromatic rings. The average molecular weight is 309 g/mol. The molecule has 0 bridgehead atoms. The molecule has 1 N–H and O–H groups in total. The monoisotopic (exact) mass is 308 g/mol. The maximum Gasteiger partial charge on any atom is 0.167 e. The van der Waals surface area contributed by atoms with Crippen molar-refractivity contribution in [1.29, 1.82) is 0 Å². The molecule has 1 saturated heterocycles. The largest absolute Gasteiger partial charge is 0.369 e. The quantitative estimate of drug-likeness (QED) is 0.810. The molecule has 98 valence electrons. The molecule has 0 radical (unpaired) electrons. The molecule has 7 heteroatoms. The molecule has 0 aromatic heterocycles. The Morgan fingerprint density at radius 2 is 2.33 bits per heavy atom. The van der Waals surface area contributed by atoms with Crippen LogP contribution in [0.1, 0.15) is 5.56 Å². The summed E-state index contributed by atoms with van der Waals surface area (Å²) >= 11 is 7.27. The highest BCUT2D eigenvalue weighted by Gasteiger charge is 2.44. The van der Waals surface area contributed by atoms with Gasteiger partial charge in [0.1, 0.15) is 5.82 Å². The fraction of sp³-hybridized carbons (Fsp3) is 0.364. The third kappa shape index (κ3) is 2.09. The lowest BCUT2D eigenvalue weighted by Crippen LogP contribution is -2.49. The van der Waals surface area contributed by atoms with Crippen LogP contribution >= 0.6 is 35.8 Å². The summed E-state index contributed by atoms with van der Waals surface area (Å²) in [6.45, 7) is 0.447. The van der Waals surface area contributed by atoms with E-state index >= 15 is 0 Å². The Bertz CT molecular complexity index is 514. The molecule has 0 spiro atoms. The lowest BCUT2D eigenvalue weighted by Gasteiger charge is -2.34. The third-order valence-electron chi connectivity index (χ3n) is 2.97. The van der Waals surface area contributed by atoms with Crippen molar-refractivity contribution in [3.05, 3.63) is 29.6 Å². The number of rotatable bonds is 1. The number of halogens is 3. The topological polar surface area (TPSA) is 35.8 Å². The van der Waals surface area contributed by atoms with Gasteiger partial charge in [-0.15, -0.1) is 24.0 Å². The first-order valence-electron chi connectivity index (χ1n) is 5.18. The van der Waals surface area contributed by atoms with Gasteiger partial charge in [0.25, 0.3) is 0 Å². The Kier molecular flexibility index (Phi) is 3.78. The molecule has 1 unspecified atom stereocenters. The van der Waals surface area contributed by atoms with Gasteiger partial charge in [0.05, 0.1) is 17.3 Å². The summed E-state index contributed by atoms with van der Waals surface area (Å²) in [6.07, 6.45) is 0. The first-order valence-corrected chi connectivity index (χ1v) is 6.70. The minimum atomic E-state index is -1.07. The summed E-state index contributed by atoms with van der Waals surface area (Å²) in [5, 5.41) is 11.0. The molecule has 1 aromatic carbocycles. The Balaban J connectivity index is 0.00000120. The predicted octanol–water partition coefficient (Wildman–Crippen LogP) is 2.72. The summed E-state index contributed by atoms with van der Waals surface area (Å²) in [4.78, 5) is 6.15. The molecule has 0 amide bonds. The maximum absolute atomic E-state index is 13.2. The van der Waals surface area contributed by atoms with E-state index in [2.05, 4.69) is 4.99 Å². The molecule has 1 atom stereocenters. The van der Waals surface area contributed by atoms with E-state index < -0.39 is 5.72 Å². The van der Waals surface area contributed by atoms with Gasteiger partial charge in [-0.25, -0.2) is 9.38 Å². The highest BCUT2D eigenvalue weighted by molar-refractivity contribution is 8.14. The van der Waals surface area contributed by atoms with Crippen molar-refractivity contribution >= 4 is 46.6 Å². The van der Waals surface area contributed by atoms with Crippen LogP contribution in [0, 0.1) is 5.82 Å². The number of aliphatic hydroxyl groups is 1. The molecule has 2 heterocycles. The van der Waals surface area contributed by atoms with E-state index in [1.54, 1.807) is 11.0 Å². The fourth-order valence-corrected chi connectivity index (χ4v) is 3.52. The van der Waals surface area contributed by atoms with Crippen LogP contribution in [-0.2, 0) is 6.54 Å². The van der Waals surface area contributed by atoms with Gasteiger partial charge in [0.15, 0.2) is 10.9 Å². The van der Waals surface area contributed by atoms with Crippen molar-refractivity contribution in [3.8, 4) is 0 Å². The Morgan fingerprint density at radius 1 is 1.56 bits per heavy atom. The van der Waals surface area contributed by atoms with Crippen LogP contribution in [0.2, 0.25) is 0 Å². The van der Waals surface area contributed by atoms with Gasteiger partial charge in [0, 0.05) is 12.1 Å². The minimum absolute atomic E-state index is 0. The van der Waals surface area contributed by atoms with E-state index in [9.17, 15) is 9.50 Å². The Morgan fingerprint density at radius 3 is 3.06 bits per heavy atom. The van der Waals surface area contributed by atoms with Gasteiger partial charge in [0.2, 0.25) is 0 Å². The van der Waals surface area contributed by atoms with Crippen molar-refractivity contribution in [2.75, 3.05) is 11.6 Å². The SMILES string of the molecule is Cl.OC1(CCl)CSC2=Nc3ccc(F)cc3CN21. The molecule has 3 nitrogen and oxygen atoms in total. The molecule has 2 aliphatic heterocycles. The van der Waals surface area contributed by atoms with Crippen LogP contribution in [0.15, 0.2) is 23.2 Å². The van der Waals surface area contributed by atoms with Crippen molar-refractivity contribution in [3.63, 3.8) is 0 Å². The van der Waals surface area contributed by atoms with Gasteiger partial charge >= 0.3 is 0 Å². The zero-order chi connectivity index (χ0) is 12.0. The van der Waals surface area contributed by atoms with Crippen molar-refractivity contribution in [2.45, 2.75) is 12.3 Å². The Hall–Kier alpha value is -0.490. The molecule has 2 aliphatic rings. The normalized spacial score (nSPS) is 25.1. The zero-order valence-corrected chi connectivity index (χ0v) is 11.7. The van der Waals surface area contributed by atoms with Crippen LogP contribution in [0.25, 0.3) is 0 Å². The van der Waals surface area contributed by atoms with Gasteiger partial charge in [-0.05, 0) is 18.2 Å². The standard InChI is InChI=1S/C11H10ClFN2OS.ClH/c12-5-11(16)6-17-10-14-9-2-1-8(13)3-7(9)4-15(10)11;/h1-3,16H,4-6H2;1H. The van der Waals surface area contributed by atoms with Gasteiger partial charge in [-0.1, -0.05) is 11.8 Å². The second kappa shape index (κ2) is 4.89. The highest BCUT2D eigenvalue weighted by Crippen LogP contribution is 2.39. The van der Waals surface area contributed by atoms with Gasteiger partial charge < -0.3 is 10.0 Å². The number of amidine groups is 1. The van der Waals surface area contributed by atoms with E-state index in [1.807, 2.05) is 0 Å². The van der Waals surface area contributed by atoms with Gasteiger partial charge in [-0.3, -0.25) is 0 Å². The fourth-order valence-electron chi connectivity index (χ4n) is 2.00. The van der Waals surface area contributed by atoms with Crippen molar-refractivity contribution in [1.82, 2.24) is 4.90 Å². The smallest absolute Gasteiger partial charge is 0.167 e. The zero-order valence-electron chi connectivity index (χ0n) is 9.27. The number of hydrogen-bond acceptors (Lipinski definition) is 4. The summed E-state index contributed by atoms with van der Waals surface area (Å²) in [5.74, 6) is 0.318. The Labute approximate surface area is 119 Å². The van der Waals surface area contributed by atoms with E-state index in [0.29, 0.717) is 12.3 Å². The van der Waals surface area contributed by atoms with Gasteiger partial charge in [-0.2, -0.15) is 0 Å². The molecule has 0 aliphatic carbocycles. The van der Waals surface area contributed by atoms with Crippen LogP contribution in [-0.4, -0.2) is 32.5 Å². The van der Waals surface area contributed by atoms with Crippen molar-refractivity contribution < 1.29 is 9.50 Å². The third-order valence-corrected chi connectivity index (χ3v) is 4.57. The molecule has 18 heavy (non-hydrogen) atoms. The van der Waals surface area contributed by atoms with Crippen LogP contribution in [0.3, 0.4) is 0 Å². The van der Waals surface area contributed by atoms with E-state index in [1.165, 1.54) is 23.9 Å². The molecule has 3 rings (SSSR count). The summed E-state index contributed by atoms with van der Waals surface area (Å²) in [6, 6.07) is 4.51. The number of thioether (sulfide) groups is 1. The number of benzene rings is 1. The lowest BCUT2D eigenvalue weighted by molar-refractivity contribution is -0.0256. The summed E-state index contributed by atoms with van der Waals surface area (Å²) in [5.41, 5.74) is 0.471. The maximum atomic E-state index is 13.2. The number of aliphatic imine (C=N–C) groups is 1. The second-order valence-electron chi connectivity index (χ2n) is 4.16. The second-order valence-corrected chi connectivity index (χ2v) is 5.37. The van der Waals surface area contributed by atoms with Crippen LogP contribution in [0.5, 0.6) is 0 Å². The number of hydrogen-bond donors (Lipinski definition) is 1. The van der Waals surface area contributed by atoms with Crippen molar-refractivity contribution in [2.24, 2.45) is 4.99 Å². The number of fused-ring (bicyclic) bond motifs is 2. The first-order chi connectivity index (χ1) is 8.12. The average Bonchev–Trinajstić information content (AvgIpc) is 2.65. The van der Waals surface area contributed by atoms with Crippen LogP contribution in [0.4, 0.5) is 10.1 Å². The molecular formula is C11H11Cl2FN2OS. The van der Waals surface area contributed by atoms with E-state index in [0.717, 1.165) is 16.4 Å². The molecular weight excluding hydrogens is 298 g/mol. The highest BCUT2D eigenvalue weighted by atomic mass is 35.5. The minimum Gasteiger partial charge on any atom is -0.369 e. The predicted molar refractivity (Wildman–Crippen MR) is 74.4 cm³/mol. The number of alkyl halides is 1. The molecule has 1 fully saturated rings. The summed E-state index contributed by atoms with van der Waals surface area (Å²) < 4.78 is 13.2. The lowest BCUT2D eigenvalue weighted by atomic mass is 10.1. The first kappa shape index (κ1) is 13.9. The summed E-state index contributed by atoms with van der Waals surface area (Å²) in [7, 11) is 0. The number of nitrogens with zero attached hydrogens (tertiary/aromatic N) is 2. The molecule has 0 saturated carbocycles. The van der Waals surface area contributed by atoms with E-state index in [-0.39, 0.29) is 24.1 Å².